The van der Waals surface area contributed by atoms with E-state index in [9.17, 15) is 8.42 Å². The van der Waals surface area contributed by atoms with Crippen LogP contribution in [-0.4, -0.2) is 39.5 Å². The van der Waals surface area contributed by atoms with Crippen molar-refractivity contribution in [1.29, 1.82) is 0 Å². The van der Waals surface area contributed by atoms with E-state index in [1.54, 1.807) is 12.1 Å². The zero-order valence-electron chi connectivity index (χ0n) is 10.5. The normalized spacial score (nSPS) is 11.8. The van der Waals surface area contributed by atoms with Crippen molar-refractivity contribution in [3.8, 4) is 0 Å². The summed E-state index contributed by atoms with van der Waals surface area (Å²) in [6.07, 6.45) is 1.53. The lowest BCUT2D eigenvalue weighted by atomic mass is 10.4. The van der Waals surface area contributed by atoms with Gasteiger partial charge in [0.05, 0.1) is 11.6 Å². The number of sulfonamides is 1. The molecule has 0 heterocycles. The number of methoxy groups -OCH3 is 1. The van der Waals surface area contributed by atoms with Gasteiger partial charge in [-0.25, -0.2) is 8.42 Å². The molecular formula is C12H15BrClNO3S. The third kappa shape index (κ3) is 4.29. The quantitative estimate of drug-likeness (QED) is 0.695. The van der Waals surface area contributed by atoms with E-state index >= 15 is 0 Å². The first-order valence-electron chi connectivity index (χ1n) is 5.48. The van der Waals surface area contributed by atoms with E-state index < -0.39 is 10.0 Å². The molecule has 0 radical (unpaired) electrons. The lowest BCUT2D eigenvalue weighted by Crippen LogP contribution is -2.34. The molecule has 7 heteroatoms. The Bertz CT molecular complexity index is 548. The standard InChI is InChI=1S/C12H15BrClNO3S/c1-3-6-15(7-8-18-2)19(16,17)12-5-4-10(13)9-11(12)14/h3-5,9H,1,6-8H2,2H3. The predicted molar refractivity (Wildman–Crippen MR) is 80.0 cm³/mol. The van der Waals surface area contributed by atoms with E-state index in [1.165, 1.54) is 23.6 Å². The SMILES string of the molecule is C=CCN(CCOC)S(=O)(=O)c1ccc(Br)cc1Cl. The van der Waals surface area contributed by atoms with E-state index in [4.69, 9.17) is 16.3 Å². The van der Waals surface area contributed by atoms with Crippen molar-refractivity contribution in [2.75, 3.05) is 26.8 Å². The molecule has 0 N–H and O–H groups in total. The van der Waals surface area contributed by atoms with Gasteiger partial charge < -0.3 is 4.74 Å². The van der Waals surface area contributed by atoms with Gasteiger partial charge in [-0.05, 0) is 18.2 Å². The molecular weight excluding hydrogens is 354 g/mol. The molecule has 0 amide bonds. The maximum absolute atomic E-state index is 12.5. The first kappa shape index (κ1) is 16.7. The minimum atomic E-state index is -3.65. The van der Waals surface area contributed by atoms with Gasteiger partial charge in [0.15, 0.2) is 0 Å². The number of nitrogens with zero attached hydrogens (tertiary/aromatic N) is 1. The van der Waals surface area contributed by atoms with Gasteiger partial charge in [-0.1, -0.05) is 33.6 Å². The van der Waals surface area contributed by atoms with Gasteiger partial charge in [0.2, 0.25) is 10.0 Å². The van der Waals surface area contributed by atoms with Crippen LogP contribution in [0.25, 0.3) is 0 Å². The fraction of sp³-hybridized carbons (Fsp3) is 0.333. The molecule has 0 aliphatic heterocycles. The van der Waals surface area contributed by atoms with Crippen LogP contribution >= 0.6 is 27.5 Å². The van der Waals surface area contributed by atoms with E-state index in [-0.39, 0.29) is 23.0 Å². The third-order valence-electron chi connectivity index (χ3n) is 2.39. The van der Waals surface area contributed by atoms with Crippen LogP contribution < -0.4 is 0 Å². The summed E-state index contributed by atoms with van der Waals surface area (Å²) >= 11 is 9.24. The Morgan fingerprint density at radius 1 is 1.53 bits per heavy atom. The predicted octanol–water partition coefficient (Wildman–Crippen LogP) is 2.93. The van der Waals surface area contributed by atoms with Crippen molar-refractivity contribution in [2.24, 2.45) is 0 Å². The number of rotatable bonds is 7. The molecule has 0 atom stereocenters. The van der Waals surface area contributed by atoms with Crippen molar-refractivity contribution in [3.63, 3.8) is 0 Å². The molecule has 0 saturated heterocycles. The Hall–Kier alpha value is -0.400. The molecule has 106 valence electrons. The highest BCUT2D eigenvalue weighted by molar-refractivity contribution is 9.10. The molecule has 0 spiro atoms. The smallest absolute Gasteiger partial charge is 0.244 e. The number of ether oxygens (including phenoxy) is 1. The average Bonchev–Trinajstić information content (AvgIpc) is 2.33. The fourth-order valence-corrected chi connectivity index (χ4v) is 3.88. The summed E-state index contributed by atoms with van der Waals surface area (Å²) in [7, 11) is -2.13. The molecule has 4 nitrogen and oxygen atoms in total. The maximum atomic E-state index is 12.5. The van der Waals surface area contributed by atoms with Gasteiger partial charge in [0.25, 0.3) is 0 Å². The second-order valence-electron chi connectivity index (χ2n) is 3.72. The lowest BCUT2D eigenvalue weighted by molar-refractivity contribution is 0.182. The number of benzene rings is 1. The van der Waals surface area contributed by atoms with E-state index in [1.807, 2.05) is 0 Å². The van der Waals surface area contributed by atoms with E-state index in [0.717, 1.165) is 4.47 Å². The highest BCUT2D eigenvalue weighted by atomic mass is 79.9. The number of hydrogen-bond donors (Lipinski definition) is 0. The molecule has 0 fully saturated rings. The van der Waals surface area contributed by atoms with E-state index in [0.29, 0.717) is 6.61 Å². The van der Waals surface area contributed by atoms with Crippen LogP contribution in [0.2, 0.25) is 5.02 Å². The molecule has 1 aromatic carbocycles. The molecule has 0 aliphatic rings. The summed E-state index contributed by atoms with van der Waals surface area (Å²) in [5, 5.41) is 0.181. The molecule has 0 bridgehead atoms. The van der Waals surface area contributed by atoms with Crippen molar-refractivity contribution in [2.45, 2.75) is 4.90 Å². The summed E-state index contributed by atoms with van der Waals surface area (Å²) in [4.78, 5) is 0.0790. The van der Waals surface area contributed by atoms with Crippen LogP contribution in [0.5, 0.6) is 0 Å². The van der Waals surface area contributed by atoms with Crippen LogP contribution in [0.3, 0.4) is 0 Å². The molecule has 0 unspecified atom stereocenters. The zero-order valence-corrected chi connectivity index (χ0v) is 13.6. The Morgan fingerprint density at radius 2 is 2.21 bits per heavy atom. The Kier molecular flexibility index (Phi) is 6.49. The summed E-state index contributed by atoms with van der Waals surface area (Å²) in [5.74, 6) is 0. The molecule has 1 rings (SSSR count). The highest BCUT2D eigenvalue weighted by Gasteiger charge is 2.25. The Labute approximate surface area is 127 Å². The second kappa shape index (κ2) is 7.40. The fourth-order valence-electron chi connectivity index (χ4n) is 1.47. The van der Waals surface area contributed by atoms with Gasteiger partial charge >= 0.3 is 0 Å². The minimum absolute atomic E-state index is 0.0790. The summed E-state index contributed by atoms with van der Waals surface area (Å²) in [6.45, 7) is 4.33. The summed E-state index contributed by atoms with van der Waals surface area (Å²) < 4.78 is 31.9. The first-order chi connectivity index (χ1) is 8.93. The van der Waals surface area contributed by atoms with Gasteiger partial charge in [-0.2, -0.15) is 4.31 Å². The van der Waals surface area contributed by atoms with Crippen LogP contribution in [0.15, 0.2) is 40.2 Å². The molecule has 1 aromatic rings. The van der Waals surface area contributed by atoms with Gasteiger partial charge in [0, 0.05) is 24.7 Å². The molecule has 0 aliphatic carbocycles. The van der Waals surface area contributed by atoms with Crippen LogP contribution in [0, 0.1) is 0 Å². The van der Waals surface area contributed by atoms with Gasteiger partial charge in [-0.3, -0.25) is 0 Å². The monoisotopic (exact) mass is 367 g/mol. The van der Waals surface area contributed by atoms with Crippen LogP contribution in [0.1, 0.15) is 0 Å². The number of halogens is 2. The third-order valence-corrected chi connectivity index (χ3v) is 5.23. The van der Waals surface area contributed by atoms with Crippen molar-refractivity contribution >= 4 is 37.6 Å². The highest BCUT2D eigenvalue weighted by Crippen LogP contribution is 2.27. The molecule has 0 aromatic heterocycles. The van der Waals surface area contributed by atoms with Crippen molar-refractivity contribution in [1.82, 2.24) is 4.31 Å². The van der Waals surface area contributed by atoms with Crippen molar-refractivity contribution in [3.05, 3.63) is 40.3 Å². The second-order valence-corrected chi connectivity index (χ2v) is 6.95. The number of hydrogen-bond acceptors (Lipinski definition) is 3. The lowest BCUT2D eigenvalue weighted by Gasteiger charge is -2.21. The maximum Gasteiger partial charge on any atom is 0.244 e. The average molecular weight is 369 g/mol. The molecule has 19 heavy (non-hydrogen) atoms. The summed E-state index contributed by atoms with van der Waals surface area (Å²) in [5.41, 5.74) is 0. The largest absolute Gasteiger partial charge is 0.383 e. The van der Waals surface area contributed by atoms with Crippen LogP contribution in [-0.2, 0) is 14.8 Å². The topological polar surface area (TPSA) is 46.6 Å². The summed E-state index contributed by atoms with van der Waals surface area (Å²) in [6, 6.07) is 4.67. The Morgan fingerprint density at radius 3 is 2.74 bits per heavy atom. The Balaban J connectivity index is 3.14. The van der Waals surface area contributed by atoms with Crippen molar-refractivity contribution < 1.29 is 13.2 Å². The van der Waals surface area contributed by atoms with Gasteiger partial charge in [-0.15, -0.1) is 6.58 Å². The first-order valence-corrected chi connectivity index (χ1v) is 8.09. The zero-order chi connectivity index (χ0) is 14.5. The van der Waals surface area contributed by atoms with Crippen LogP contribution in [0.4, 0.5) is 0 Å². The minimum Gasteiger partial charge on any atom is -0.383 e. The van der Waals surface area contributed by atoms with E-state index in [2.05, 4.69) is 22.5 Å². The van der Waals surface area contributed by atoms with Gasteiger partial charge in [0.1, 0.15) is 4.90 Å². The molecule has 0 saturated carbocycles.